The summed E-state index contributed by atoms with van der Waals surface area (Å²) in [5.74, 6) is 0. The van der Waals surface area contributed by atoms with Gasteiger partial charge >= 0.3 is 0 Å². The third-order valence-corrected chi connectivity index (χ3v) is 0.848. The lowest BCUT2D eigenvalue weighted by atomic mass is 10.4. The molecule has 1 nitrogen and oxygen atoms in total. The topological polar surface area (TPSA) is 12.9 Å². The van der Waals surface area contributed by atoms with Crippen molar-refractivity contribution in [3.63, 3.8) is 0 Å². The number of hydrogen-bond acceptors (Lipinski definition) is 1. The van der Waals surface area contributed by atoms with E-state index in [9.17, 15) is 0 Å². The summed E-state index contributed by atoms with van der Waals surface area (Å²) >= 11 is 0. The molecule has 1 aromatic rings. The molecule has 0 aliphatic rings. The van der Waals surface area contributed by atoms with Gasteiger partial charge in [-0.1, -0.05) is 12.6 Å². The number of rotatable bonds is 1. The van der Waals surface area contributed by atoms with Gasteiger partial charge in [-0.25, -0.2) is 0 Å². The van der Waals surface area contributed by atoms with Gasteiger partial charge in [-0.2, -0.15) is 0 Å². The second kappa shape index (κ2) is 2.26. The van der Waals surface area contributed by atoms with Gasteiger partial charge in [0.1, 0.15) is 0 Å². The quantitative estimate of drug-likeness (QED) is 0.526. The third kappa shape index (κ3) is 0.936. The maximum Gasteiger partial charge on any atom is 0.0624 e. The van der Waals surface area contributed by atoms with Crippen molar-refractivity contribution in [2.45, 2.75) is 0 Å². The predicted molar refractivity (Wildman–Crippen MR) is 33.2 cm³/mol. The summed E-state index contributed by atoms with van der Waals surface area (Å²) in [5.41, 5.74) is 0.892. The lowest BCUT2D eigenvalue weighted by Crippen LogP contribution is -1.73. The fourth-order valence-electron chi connectivity index (χ4n) is 0.452. The van der Waals surface area contributed by atoms with Crippen LogP contribution in [0.4, 0.5) is 0 Å². The molecule has 1 aromatic heterocycles. The van der Waals surface area contributed by atoms with Crippen LogP contribution in [0, 0.1) is 6.07 Å². The highest BCUT2D eigenvalue weighted by Crippen LogP contribution is 1.91. The number of aromatic nitrogens is 1. The Bertz CT molecular complexity index is 167. The Morgan fingerprint density at radius 3 is 3.00 bits per heavy atom. The zero-order chi connectivity index (χ0) is 5.82. The van der Waals surface area contributed by atoms with E-state index in [0.717, 1.165) is 5.69 Å². The van der Waals surface area contributed by atoms with Crippen molar-refractivity contribution in [2.75, 3.05) is 0 Å². The Labute approximate surface area is 48.7 Å². The molecule has 1 heteroatoms. The molecule has 0 saturated carbocycles. The summed E-state index contributed by atoms with van der Waals surface area (Å²) in [6.07, 6.45) is 3.32. The first-order valence-electron chi connectivity index (χ1n) is 2.38. The summed E-state index contributed by atoms with van der Waals surface area (Å²) in [6.45, 7) is 3.55. The van der Waals surface area contributed by atoms with E-state index >= 15 is 0 Å². The smallest absolute Gasteiger partial charge is 0.0624 e. The number of nitrogens with zero attached hydrogens (tertiary/aromatic N) is 1. The van der Waals surface area contributed by atoms with Crippen LogP contribution in [-0.4, -0.2) is 4.98 Å². The molecule has 0 saturated heterocycles. The average molecular weight is 104 g/mol. The van der Waals surface area contributed by atoms with E-state index in [2.05, 4.69) is 17.6 Å². The highest BCUT2D eigenvalue weighted by atomic mass is 14.6. The van der Waals surface area contributed by atoms with Crippen molar-refractivity contribution in [3.8, 4) is 0 Å². The van der Waals surface area contributed by atoms with E-state index in [-0.39, 0.29) is 0 Å². The second-order valence-corrected chi connectivity index (χ2v) is 1.39. The van der Waals surface area contributed by atoms with Gasteiger partial charge in [-0.3, -0.25) is 4.98 Å². The van der Waals surface area contributed by atoms with E-state index in [0.29, 0.717) is 0 Å². The summed E-state index contributed by atoms with van der Waals surface area (Å²) < 4.78 is 0. The Morgan fingerprint density at radius 1 is 1.75 bits per heavy atom. The first kappa shape index (κ1) is 5.04. The minimum atomic E-state index is 0.892. The molecule has 8 heavy (non-hydrogen) atoms. The molecular formula is C7H6N. The predicted octanol–water partition coefficient (Wildman–Crippen LogP) is 1.52. The van der Waals surface area contributed by atoms with Crippen LogP contribution in [0.25, 0.3) is 6.08 Å². The van der Waals surface area contributed by atoms with Gasteiger partial charge in [-0.05, 0) is 12.1 Å². The molecule has 0 atom stereocenters. The van der Waals surface area contributed by atoms with Crippen LogP contribution in [0.3, 0.4) is 0 Å². The number of hydrogen-bond donors (Lipinski definition) is 0. The molecule has 1 rings (SSSR count). The van der Waals surface area contributed by atoms with Gasteiger partial charge in [-0.15, -0.1) is 0 Å². The summed E-state index contributed by atoms with van der Waals surface area (Å²) in [6, 6.07) is 6.47. The lowest BCUT2D eigenvalue weighted by molar-refractivity contribution is 1.29. The molecule has 0 fully saturated rings. The highest BCUT2D eigenvalue weighted by Gasteiger charge is 1.77. The Morgan fingerprint density at radius 2 is 2.62 bits per heavy atom. The second-order valence-electron chi connectivity index (χ2n) is 1.39. The van der Waals surface area contributed by atoms with Gasteiger partial charge < -0.3 is 0 Å². The SMILES string of the molecule is C=Cc1cc[c]cn1. The number of pyridine rings is 1. The van der Waals surface area contributed by atoms with E-state index in [1.165, 1.54) is 0 Å². The molecule has 0 spiro atoms. The van der Waals surface area contributed by atoms with Crippen LogP contribution in [0.2, 0.25) is 0 Å². The molecule has 39 valence electrons. The van der Waals surface area contributed by atoms with E-state index in [4.69, 9.17) is 0 Å². The van der Waals surface area contributed by atoms with E-state index in [1.54, 1.807) is 12.3 Å². The van der Waals surface area contributed by atoms with Crippen molar-refractivity contribution in [1.82, 2.24) is 4.98 Å². The van der Waals surface area contributed by atoms with E-state index in [1.807, 2.05) is 12.1 Å². The molecule has 1 radical (unpaired) electrons. The molecular weight excluding hydrogens is 98.1 g/mol. The van der Waals surface area contributed by atoms with Crippen molar-refractivity contribution in [1.29, 1.82) is 0 Å². The van der Waals surface area contributed by atoms with Gasteiger partial charge in [0.2, 0.25) is 0 Å². The molecule has 1 heterocycles. The maximum atomic E-state index is 3.92. The van der Waals surface area contributed by atoms with Crippen LogP contribution in [-0.2, 0) is 0 Å². The molecule has 0 N–H and O–H groups in total. The zero-order valence-electron chi connectivity index (χ0n) is 4.46. The van der Waals surface area contributed by atoms with Gasteiger partial charge in [0, 0.05) is 12.3 Å². The highest BCUT2D eigenvalue weighted by molar-refractivity contribution is 5.39. The Kier molecular flexibility index (Phi) is 1.42. The minimum Gasteiger partial charge on any atom is -0.256 e. The third-order valence-electron chi connectivity index (χ3n) is 0.848. The average Bonchev–Trinajstić information content (AvgIpc) is 1.90. The largest absolute Gasteiger partial charge is 0.256 e. The lowest BCUT2D eigenvalue weighted by Gasteiger charge is -1.84. The molecule has 0 aromatic carbocycles. The van der Waals surface area contributed by atoms with Crippen LogP contribution < -0.4 is 0 Å². The van der Waals surface area contributed by atoms with Crippen LogP contribution in [0.1, 0.15) is 5.69 Å². The van der Waals surface area contributed by atoms with E-state index < -0.39 is 0 Å². The van der Waals surface area contributed by atoms with Crippen molar-refractivity contribution in [2.24, 2.45) is 0 Å². The van der Waals surface area contributed by atoms with Gasteiger partial charge in [0.25, 0.3) is 0 Å². The monoisotopic (exact) mass is 104 g/mol. The molecule has 0 unspecified atom stereocenters. The summed E-state index contributed by atoms with van der Waals surface area (Å²) in [4.78, 5) is 3.92. The summed E-state index contributed by atoms with van der Waals surface area (Å²) in [7, 11) is 0. The van der Waals surface area contributed by atoms with Gasteiger partial charge in [0.15, 0.2) is 0 Å². The van der Waals surface area contributed by atoms with Crippen molar-refractivity contribution < 1.29 is 0 Å². The van der Waals surface area contributed by atoms with Crippen LogP contribution in [0.15, 0.2) is 24.9 Å². The first-order valence-corrected chi connectivity index (χ1v) is 2.38. The minimum absolute atomic E-state index is 0.892. The van der Waals surface area contributed by atoms with Crippen LogP contribution in [0.5, 0.6) is 0 Å². The Balaban J connectivity index is 2.99. The van der Waals surface area contributed by atoms with Crippen molar-refractivity contribution >= 4 is 6.08 Å². The van der Waals surface area contributed by atoms with Gasteiger partial charge in [0.05, 0.1) is 5.69 Å². The normalized spacial score (nSPS) is 8.50. The maximum absolute atomic E-state index is 3.92. The fraction of sp³-hybridized carbons (Fsp3) is 0. The summed E-state index contributed by atoms with van der Waals surface area (Å²) in [5, 5.41) is 0. The molecule has 0 amide bonds. The standard InChI is InChI=1S/C7H6N/c1-2-7-5-3-4-6-8-7/h2-3,5-6H,1H2. The molecule has 0 aliphatic carbocycles. The Hall–Kier alpha value is -1.11. The first-order chi connectivity index (χ1) is 3.93. The zero-order valence-corrected chi connectivity index (χ0v) is 4.46. The van der Waals surface area contributed by atoms with Crippen molar-refractivity contribution in [3.05, 3.63) is 36.7 Å². The molecule has 0 aliphatic heterocycles. The molecule has 0 bridgehead atoms. The fourth-order valence-corrected chi connectivity index (χ4v) is 0.452. The van der Waals surface area contributed by atoms with Crippen LogP contribution >= 0.6 is 0 Å².